The first-order valence-corrected chi connectivity index (χ1v) is 11.1. The van der Waals surface area contributed by atoms with Crippen LogP contribution in [-0.4, -0.2) is 12.9 Å². The summed E-state index contributed by atoms with van der Waals surface area (Å²) in [7, 11) is 1.60. The van der Waals surface area contributed by atoms with Gasteiger partial charge < -0.3 is 9.15 Å². The van der Waals surface area contributed by atoms with E-state index >= 15 is 0 Å². The zero-order valence-electron chi connectivity index (χ0n) is 18.8. The van der Waals surface area contributed by atoms with Gasteiger partial charge >= 0.3 is 0 Å². The average Bonchev–Trinajstić information content (AvgIpc) is 2.77. The Labute approximate surface area is 179 Å². The highest BCUT2D eigenvalue weighted by Gasteiger charge is 2.47. The van der Waals surface area contributed by atoms with Crippen molar-refractivity contribution in [3.05, 3.63) is 68.8 Å². The molecule has 1 heterocycles. The number of allylic oxidation sites excluding steroid dienone is 2. The molecule has 1 aromatic carbocycles. The molecule has 0 fully saturated rings. The quantitative estimate of drug-likeness (QED) is 0.521. The molecule has 3 rings (SSSR count). The fraction of sp³-hybridized carbons (Fsp3) is 0.462. The molecular weight excluding hydrogens is 376 g/mol. The van der Waals surface area contributed by atoms with Crippen LogP contribution in [0.25, 0.3) is 11.3 Å². The molecule has 0 aliphatic heterocycles. The maximum absolute atomic E-state index is 13.2. The number of unbranched alkanes of at least 4 members (excludes halogenated alkanes) is 1. The Hall–Kier alpha value is -2.62. The maximum Gasteiger partial charge on any atom is 0.199 e. The standard InChI is InChI=1S/C26H32O4/c1-6-10-11-17-12-14-18(15-13-17)21-16-20(27)22-23(28)19(7-2)24(29-5)26(8-3,9-4)25(22)30-21/h12-16H,6-11H2,1-5H3. The lowest BCUT2D eigenvalue weighted by molar-refractivity contribution is 0.0975. The van der Waals surface area contributed by atoms with Crippen molar-refractivity contribution in [3.63, 3.8) is 0 Å². The van der Waals surface area contributed by atoms with E-state index in [0.717, 1.165) is 24.8 Å². The van der Waals surface area contributed by atoms with Crippen LogP contribution in [0, 0.1) is 0 Å². The Morgan fingerprint density at radius 2 is 1.67 bits per heavy atom. The van der Waals surface area contributed by atoms with Gasteiger partial charge in [-0.25, -0.2) is 0 Å². The summed E-state index contributed by atoms with van der Waals surface area (Å²) in [6, 6.07) is 9.60. The molecule has 0 N–H and O–H groups in total. The molecule has 1 aliphatic rings. The molecule has 160 valence electrons. The number of ketones is 1. The number of rotatable bonds is 8. The summed E-state index contributed by atoms with van der Waals surface area (Å²) in [5, 5.41) is 0. The van der Waals surface area contributed by atoms with E-state index in [1.54, 1.807) is 7.11 Å². The van der Waals surface area contributed by atoms with Crippen molar-refractivity contribution in [1.82, 2.24) is 0 Å². The van der Waals surface area contributed by atoms with Gasteiger partial charge in [-0.15, -0.1) is 0 Å². The van der Waals surface area contributed by atoms with Crippen LogP contribution in [0.5, 0.6) is 0 Å². The second kappa shape index (κ2) is 9.03. The molecule has 0 atom stereocenters. The third kappa shape index (κ3) is 3.53. The lowest BCUT2D eigenvalue weighted by Crippen LogP contribution is -2.39. The van der Waals surface area contributed by atoms with E-state index < -0.39 is 5.41 Å². The topological polar surface area (TPSA) is 56.5 Å². The SMILES string of the molecule is CCCCc1ccc(-c2cc(=O)c3c(o2)C(CC)(CC)C(OC)=C(CC)C3=O)cc1. The van der Waals surface area contributed by atoms with Crippen LogP contribution in [0.1, 0.15) is 81.5 Å². The number of benzene rings is 1. The van der Waals surface area contributed by atoms with Crippen molar-refractivity contribution < 1.29 is 13.9 Å². The lowest BCUT2D eigenvalue weighted by Gasteiger charge is -2.37. The molecule has 30 heavy (non-hydrogen) atoms. The smallest absolute Gasteiger partial charge is 0.199 e. The van der Waals surface area contributed by atoms with E-state index in [4.69, 9.17) is 9.15 Å². The summed E-state index contributed by atoms with van der Waals surface area (Å²) in [5.74, 6) is 1.32. The first-order chi connectivity index (χ1) is 14.5. The van der Waals surface area contributed by atoms with Crippen molar-refractivity contribution in [2.75, 3.05) is 7.11 Å². The minimum atomic E-state index is -0.612. The summed E-state index contributed by atoms with van der Waals surface area (Å²) in [4.78, 5) is 26.3. The van der Waals surface area contributed by atoms with E-state index in [0.29, 0.717) is 42.1 Å². The summed E-state index contributed by atoms with van der Waals surface area (Å²) >= 11 is 0. The minimum absolute atomic E-state index is 0.166. The van der Waals surface area contributed by atoms with Gasteiger partial charge in [-0.05, 0) is 37.7 Å². The molecule has 0 spiro atoms. The van der Waals surface area contributed by atoms with E-state index in [-0.39, 0.29) is 16.8 Å². The number of fused-ring (bicyclic) bond motifs is 1. The molecule has 0 saturated heterocycles. The van der Waals surface area contributed by atoms with Crippen LogP contribution in [0.2, 0.25) is 0 Å². The highest BCUT2D eigenvalue weighted by atomic mass is 16.5. The van der Waals surface area contributed by atoms with Crippen molar-refractivity contribution in [2.24, 2.45) is 0 Å². The van der Waals surface area contributed by atoms with Gasteiger partial charge in [0.25, 0.3) is 0 Å². The van der Waals surface area contributed by atoms with Gasteiger partial charge in [-0.3, -0.25) is 9.59 Å². The van der Waals surface area contributed by atoms with Gasteiger partial charge in [0.1, 0.15) is 22.8 Å². The number of aryl methyl sites for hydroxylation is 1. The summed E-state index contributed by atoms with van der Waals surface area (Å²) in [6.07, 6.45) is 5.22. The maximum atomic E-state index is 13.2. The van der Waals surface area contributed by atoms with Gasteiger partial charge in [0, 0.05) is 17.2 Å². The second-order valence-electron chi connectivity index (χ2n) is 7.96. The molecule has 1 aliphatic carbocycles. The molecule has 1 aromatic heterocycles. The third-order valence-electron chi connectivity index (χ3n) is 6.41. The molecule has 0 amide bonds. The fourth-order valence-electron chi connectivity index (χ4n) is 4.58. The zero-order valence-corrected chi connectivity index (χ0v) is 18.8. The Morgan fingerprint density at radius 1 is 1.00 bits per heavy atom. The first-order valence-electron chi connectivity index (χ1n) is 11.1. The van der Waals surface area contributed by atoms with Gasteiger partial charge in [-0.1, -0.05) is 58.4 Å². The van der Waals surface area contributed by atoms with Crippen molar-refractivity contribution in [3.8, 4) is 11.3 Å². The Morgan fingerprint density at radius 3 is 2.20 bits per heavy atom. The number of ether oxygens (including phenoxy) is 1. The van der Waals surface area contributed by atoms with Crippen molar-refractivity contribution >= 4 is 5.78 Å². The predicted octanol–water partition coefficient (Wildman–Crippen LogP) is 6.21. The Kier molecular flexibility index (Phi) is 6.64. The first kappa shape index (κ1) is 22.1. The van der Waals surface area contributed by atoms with Crippen LogP contribution in [0.4, 0.5) is 0 Å². The monoisotopic (exact) mass is 408 g/mol. The molecular formula is C26H32O4. The highest BCUT2D eigenvalue weighted by Crippen LogP contribution is 2.47. The molecule has 4 nitrogen and oxygen atoms in total. The molecule has 0 radical (unpaired) electrons. The zero-order chi connectivity index (χ0) is 21.9. The van der Waals surface area contributed by atoms with Gasteiger partial charge in [0.05, 0.1) is 12.5 Å². The Balaban J connectivity index is 2.19. The normalized spacial score (nSPS) is 15.3. The van der Waals surface area contributed by atoms with Crippen LogP contribution in [-0.2, 0) is 16.6 Å². The molecule has 4 heteroatoms. The molecule has 0 saturated carbocycles. The van der Waals surface area contributed by atoms with Crippen molar-refractivity contribution in [1.29, 1.82) is 0 Å². The average molecular weight is 409 g/mol. The van der Waals surface area contributed by atoms with E-state index in [9.17, 15) is 9.59 Å². The minimum Gasteiger partial charge on any atom is -0.500 e. The van der Waals surface area contributed by atoms with E-state index in [1.165, 1.54) is 11.6 Å². The van der Waals surface area contributed by atoms with Crippen LogP contribution < -0.4 is 5.43 Å². The number of hydrogen-bond donors (Lipinski definition) is 0. The summed E-state index contributed by atoms with van der Waals surface area (Å²) in [5.41, 5.74) is 1.96. The number of methoxy groups -OCH3 is 1. The molecule has 2 aromatic rings. The van der Waals surface area contributed by atoms with E-state index in [2.05, 4.69) is 19.1 Å². The third-order valence-corrected chi connectivity index (χ3v) is 6.41. The van der Waals surface area contributed by atoms with E-state index in [1.807, 2.05) is 32.9 Å². The number of carbonyl (C=O) groups is 1. The molecule has 0 bridgehead atoms. The van der Waals surface area contributed by atoms with Gasteiger partial charge in [-0.2, -0.15) is 0 Å². The van der Waals surface area contributed by atoms with Gasteiger partial charge in [0.15, 0.2) is 11.2 Å². The van der Waals surface area contributed by atoms with Crippen LogP contribution in [0.3, 0.4) is 0 Å². The van der Waals surface area contributed by atoms with Crippen LogP contribution in [0.15, 0.2) is 50.9 Å². The number of carbonyl (C=O) groups excluding carboxylic acids is 1. The lowest BCUT2D eigenvalue weighted by atomic mass is 9.69. The number of Topliss-reactive ketones (excluding diaryl/α,β-unsaturated/α-hetero) is 1. The second-order valence-corrected chi connectivity index (χ2v) is 7.96. The van der Waals surface area contributed by atoms with Crippen molar-refractivity contribution in [2.45, 2.75) is 71.6 Å². The summed E-state index contributed by atoms with van der Waals surface area (Å²) < 4.78 is 12.1. The van der Waals surface area contributed by atoms with Crippen LogP contribution >= 0.6 is 0 Å². The summed E-state index contributed by atoms with van der Waals surface area (Å²) in [6.45, 7) is 8.19. The Bertz CT molecular complexity index is 1000. The van der Waals surface area contributed by atoms with Gasteiger partial charge in [0.2, 0.25) is 0 Å². The molecule has 0 unspecified atom stereocenters. The highest BCUT2D eigenvalue weighted by molar-refractivity contribution is 6.11. The number of hydrogen-bond acceptors (Lipinski definition) is 4. The predicted molar refractivity (Wildman–Crippen MR) is 120 cm³/mol. The fourth-order valence-corrected chi connectivity index (χ4v) is 4.58. The largest absolute Gasteiger partial charge is 0.500 e.